The first kappa shape index (κ1) is 14.0. The van der Waals surface area contributed by atoms with Gasteiger partial charge in [0.15, 0.2) is 5.78 Å². The van der Waals surface area contributed by atoms with Gasteiger partial charge in [-0.05, 0) is 25.3 Å². The summed E-state index contributed by atoms with van der Waals surface area (Å²) >= 11 is 0. The Labute approximate surface area is 111 Å². The Bertz CT molecular complexity index is 280. The number of likely N-dealkylation sites (N-methyl/N-ethyl adjacent to an activating group) is 1. The van der Waals surface area contributed by atoms with Crippen LogP contribution in [-0.2, 0) is 9.53 Å². The Balaban J connectivity index is 1.96. The summed E-state index contributed by atoms with van der Waals surface area (Å²) in [5, 5.41) is 0. The maximum Gasteiger partial charge on any atom is 0.166 e. The number of ketones is 1. The lowest BCUT2D eigenvalue weighted by molar-refractivity contribution is -0.143. The Morgan fingerprint density at radius 2 is 2.06 bits per heavy atom. The molecule has 3 nitrogen and oxygen atoms in total. The highest BCUT2D eigenvalue weighted by Gasteiger charge is 2.36. The average Bonchev–Trinajstić information content (AvgIpc) is 2.46. The fourth-order valence-corrected chi connectivity index (χ4v) is 3.47. The number of rotatable bonds is 4. The summed E-state index contributed by atoms with van der Waals surface area (Å²) in [7, 11) is 0. The Kier molecular flexibility index (Phi) is 5.19. The number of hydrogen-bond donors (Lipinski definition) is 0. The highest BCUT2D eigenvalue weighted by atomic mass is 16.5. The van der Waals surface area contributed by atoms with Crippen LogP contribution in [0.25, 0.3) is 0 Å². The molecule has 0 bridgehead atoms. The number of carbonyl (C=O) groups excluding carboxylic acids is 1. The molecule has 0 aromatic heterocycles. The molecule has 2 fully saturated rings. The molecule has 1 heterocycles. The minimum atomic E-state index is -0.157. The van der Waals surface area contributed by atoms with Gasteiger partial charge in [0.05, 0.1) is 6.61 Å². The lowest BCUT2D eigenvalue weighted by atomic mass is 9.74. The zero-order valence-corrected chi connectivity index (χ0v) is 11.9. The summed E-state index contributed by atoms with van der Waals surface area (Å²) in [5.41, 5.74) is 0. The normalized spacial score (nSPS) is 34.4. The topological polar surface area (TPSA) is 29.5 Å². The molecule has 0 amide bonds. The van der Waals surface area contributed by atoms with Gasteiger partial charge < -0.3 is 4.74 Å². The number of hydrogen-bond acceptors (Lipinski definition) is 3. The summed E-state index contributed by atoms with van der Waals surface area (Å²) in [6.07, 6.45) is 5.82. The predicted molar refractivity (Wildman–Crippen MR) is 72.6 cm³/mol. The minimum Gasteiger partial charge on any atom is -0.368 e. The van der Waals surface area contributed by atoms with Crippen LogP contribution in [0.4, 0.5) is 0 Å². The van der Waals surface area contributed by atoms with Gasteiger partial charge in [0.2, 0.25) is 0 Å². The number of carbonyl (C=O) groups is 1. The largest absolute Gasteiger partial charge is 0.368 e. The molecule has 1 aliphatic heterocycles. The predicted octanol–water partition coefficient (Wildman–Crippen LogP) is 2.49. The molecule has 0 radical (unpaired) electrons. The molecule has 0 aromatic rings. The minimum absolute atomic E-state index is 0.157. The molecular weight excluding hydrogens is 226 g/mol. The first-order valence-electron chi connectivity index (χ1n) is 7.64. The van der Waals surface area contributed by atoms with E-state index < -0.39 is 0 Å². The molecule has 3 atom stereocenters. The molecule has 1 saturated heterocycles. The lowest BCUT2D eigenvalue weighted by Crippen LogP contribution is -2.48. The van der Waals surface area contributed by atoms with Crippen molar-refractivity contribution in [1.29, 1.82) is 0 Å². The van der Waals surface area contributed by atoms with Gasteiger partial charge in [-0.15, -0.1) is 0 Å². The van der Waals surface area contributed by atoms with E-state index in [-0.39, 0.29) is 12.0 Å². The van der Waals surface area contributed by atoms with Crippen molar-refractivity contribution < 1.29 is 9.53 Å². The highest BCUT2D eigenvalue weighted by molar-refractivity contribution is 5.86. The summed E-state index contributed by atoms with van der Waals surface area (Å²) in [5.74, 6) is 1.26. The van der Waals surface area contributed by atoms with Crippen molar-refractivity contribution in [2.24, 2.45) is 11.8 Å². The van der Waals surface area contributed by atoms with E-state index >= 15 is 0 Å². The fraction of sp³-hybridized carbons (Fsp3) is 0.933. The molecule has 1 aliphatic carbocycles. The fourth-order valence-electron chi connectivity index (χ4n) is 3.47. The van der Waals surface area contributed by atoms with E-state index in [0.29, 0.717) is 18.3 Å². The first-order valence-corrected chi connectivity index (χ1v) is 7.64. The van der Waals surface area contributed by atoms with Crippen molar-refractivity contribution in [3.63, 3.8) is 0 Å². The molecule has 3 heteroatoms. The van der Waals surface area contributed by atoms with Crippen LogP contribution in [0.15, 0.2) is 0 Å². The first-order chi connectivity index (χ1) is 8.76. The van der Waals surface area contributed by atoms with Crippen LogP contribution in [-0.4, -0.2) is 43.0 Å². The molecule has 3 unspecified atom stereocenters. The van der Waals surface area contributed by atoms with Gasteiger partial charge in [0.1, 0.15) is 6.10 Å². The third-order valence-corrected chi connectivity index (χ3v) is 4.71. The van der Waals surface area contributed by atoms with E-state index in [1.165, 1.54) is 19.3 Å². The number of morpholine rings is 1. The van der Waals surface area contributed by atoms with E-state index in [4.69, 9.17) is 4.74 Å². The van der Waals surface area contributed by atoms with Crippen LogP contribution < -0.4 is 0 Å². The van der Waals surface area contributed by atoms with Crippen LogP contribution in [0.2, 0.25) is 0 Å². The Morgan fingerprint density at radius 3 is 2.78 bits per heavy atom. The molecule has 0 spiro atoms. The monoisotopic (exact) mass is 253 g/mol. The number of nitrogens with zero attached hydrogens (tertiary/aromatic N) is 1. The lowest BCUT2D eigenvalue weighted by Gasteiger charge is -2.36. The molecule has 0 N–H and O–H groups in total. The molecule has 1 saturated carbocycles. The molecule has 18 heavy (non-hydrogen) atoms. The van der Waals surface area contributed by atoms with Crippen LogP contribution in [0.1, 0.15) is 46.0 Å². The van der Waals surface area contributed by atoms with Gasteiger partial charge in [-0.3, -0.25) is 9.69 Å². The summed E-state index contributed by atoms with van der Waals surface area (Å²) < 4.78 is 5.73. The molecular formula is C15H27NO2. The summed E-state index contributed by atoms with van der Waals surface area (Å²) in [4.78, 5) is 15.0. The second-order valence-electron chi connectivity index (χ2n) is 5.71. The van der Waals surface area contributed by atoms with E-state index in [9.17, 15) is 4.79 Å². The quantitative estimate of drug-likeness (QED) is 0.771. The van der Waals surface area contributed by atoms with Crippen LogP contribution in [0, 0.1) is 11.8 Å². The molecule has 0 aromatic carbocycles. The van der Waals surface area contributed by atoms with Gasteiger partial charge in [0.25, 0.3) is 0 Å². The maximum atomic E-state index is 12.6. The Hall–Kier alpha value is -0.410. The van der Waals surface area contributed by atoms with Crippen molar-refractivity contribution in [1.82, 2.24) is 4.90 Å². The van der Waals surface area contributed by atoms with Crippen molar-refractivity contribution in [3.05, 3.63) is 0 Å². The van der Waals surface area contributed by atoms with Crippen molar-refractivity contribution >= 4 is 5.78 Å². The second-order valence-corrected chi connectivity index (χ2v) is 5.71. The van der Waals surface area contributed by atoms with E-state index in [1.54, 1.807) is 0 Å². The molecule has 2 rings (SSSR count). The Morgan fingerprint density at radius 1 is 1.28 bits per heavy atom. The van der Waals surface area contributed by atoms with E-state index in [1.807, 2.05) is 0 Å². The van der Waals surface area contributed by atoms with E-state index in [2.05, 4.69) is 18.7 Å². The summed E-state index contributed by atoms with van der Waals surface area (Å²) in [6, 6.07) is 0. The third-order valence-electron chi connectivity index (χ3n) is 4.71. The van der Waals surface area contributed by atoms with Crippen LogP contribution in [0.3, 0.4) is 0 Å². The summed E-state index contributed by atoms with van der Waals surface area (Å²) in [6.45, 7) is 7.89. The zero-order chi connectivity index (χ0) is 13.0. The molecule has 104 valence electrons. The van der Waals surface area contributed by atoms with Crippen LogP contribution in [0.5, 0.6) is 0 Å². The third kappa shape index (κ3) is 3.12. The van der Waals surface area contributed by atoms with Crippen molar-refractivity contribution in [3.8, 4) is 0 Å². The second kappa shape index (κ2) is 6.67. The standard InChI is InChI=1S/C15H27NO2/c1-3-12-7-5-6-8-13(12)15(17)14-11-16(4-2)9-10-18-14/h12-14H,3-11H2,1-2H3. The van der Waals surface area contributed by atoms with Crippen molar-refractivity contribution in [2.45, 2.75) is 52.1 Å². The number of Topliss-reactive ketones (excluding diaryl/α,β-unsaturated/α-hetero) is 1. The van der Waals surface area contributed by atoms with Gasteiger partial charge in [-0.1, -0.05) is 33.1 Å². The van der Waals surface area contributed by atoms with Gasteiger partial charge >= 0.3 is 0 Å². The molecule has 2 aliphatic rings. The van der Waals surface area contributed by atoms with Crippen molar-refractivity contribution in [2.75, 3.05) is 26.2 Å². The van der Waals surface area contributed by atoms with Gasteiger partial charge in [0, 0.05) is 19.0 Å². The number of ether oxygens (including phenoxy) is 1. The van der Waals surface area contributed by atoms with E-state index in [0.717, 1.165) is 32.5 Å². The smallest absolute Gasteiger partial charge is 0.166 e. The van der Waals surface area contributed by atoms with Gasteiger partial charge in [-0.2, -0.15) is 0 Å². The maximum absolute atomic E-state index is 12.6. The highest BCUT2D eigenvalue weighted by Crippen LogP contribution is 2.34. The van der Waals surface area contributed by atoms with Crippen LogP contribution >= 0.6 is 0 Å². The van der Waals surface area contributed by atoms with Gasteiger partial charge in [-0.25, -0.2) is 0 Å². The zero-order valence-electron chi connectivity index (χ0n) is 11.9. The SMILES string of the molecule is CCC1CCCCC1C(=O)C1CN(CC)CCO1. The average molecular weight is 253 g/mol.